The average molecular weight is 283 g/mol. The molecule has 0 atom stereocenters. The molecule has 16 heavy (non-hydrogen) atoms. The minimum Gasteiger partial charge on any atom is -0.439 e. The Kier molecular flexibility index (Phi) is 3.26. The third-order valence-corrected chi connectivity index (χ3v) is 2.68. The zero-order valence-corrected chi connectivity index (χ0v) is 10.3. The Morgan fingerprint density at radius 1 is 1.38 bits per heavy atom. The van der Waals surface area contributed by atoms with Crippen LogP contribution in [-0.4, -0.2) is 14.9 Å². The molecule has 0 radical (unpaired) electrons. The summed E-state index contributed by atoms with van der Waals surface area (Å²) in [5.41, 5.74) is 0.672. The van der Waals surface area contributed by atoms with Crippen molar-refractivity contribution in [2.45, 2.75) is 6.61 Å². The van der Waals surface area contributed by atoms with Crippen molar-refractivity contribution in [3.63, 3.8) is 0 Å². The lowest BCUT2D eigenvalue weighted by atomic mass is 10.3. The highest BCUT2D eigenvalue weighted by molar-refractivity contribution is 9.10. The first-order valence-electron chi connectivity index (χ1n) is 4.76. The third-order valence-electron chi connectivity index (χ3n) is 2.15. The SMILES string of the molecule is Cn1ncc(CO)c1Oc1ccc(Br)cc1. The van der Waals surface area contributed by atoms with Gasteiger partial charge < -0.3 is 9.84 Å². The van der Waals surface area contributed by atoms with Crippen LogP contribution in [0.25, 0.3) is 0 Å². The smallest absolute Gasteiger partial charge is 0.223 e. The molecule has 5 heteroatoms. The van der Waals surface area contributed by atoms with Gasteiger partial charge >= 0.3 is 0 Å². The van der Waals surface area contributed by atoms with Crippen molar-refractivity contribution in [2.75, 3.05) is 0 Å². The summed E-state index contributed by atoms with van der Waals surface area (Å²) in [5, 5.41) is 13.1. The molecule has 0 unspecified atom stereocenters. The summed E-state index contributed by atoms with van der Waals surface area (Å²) in [6.45, 7) is -0.0836. The summed E-state index contributed by atoms with van der Waals surface area (Å²) in [5.74, 6) is 1.27. The number of nitrogens with zero attached hydrogens (tertiary/aromatic N) is 2. The van der Waals surface area contributed by atoms with Crippen LogP contribution in [0.1, 0.15) is 5.56 Å². The van der Waals surface area contributed by atoms with E-state index in [4.69, 9.17) is 9.84 Å². The number of aryl methyl sites for hydroxylation is 1. The topological polar surface area (TPSA) is 47.3 Å². The van der Waals surface area contributed by atoms with Crippen molar-refractivity contribution in [2.24, 2.45) is 7.05 Å². The molecule has 2 rings (SSSR count). The Morgan fingerprint density at radius 3 is 2.69 bits per heavy atom. The molecule has 1 aromatic carbocycles. The van der Waals surface area contributed by atoms with E-state index in [1.165, 1.54) is 0 Å². The van der Waals surface area contributed by atoms with Gasteiger partial charge in [-0.3, -0.25) is 0 Å². The Bertz CT molecular complexity index is 479. The predicted molar refractivity (Wildman–Crippen MR) is 63.3 cm³/mol. The van der Waals surface area contributed by atoms with Gasteiger partial charge in [-0.05, 0) is 24.3 Å². The molecule has 0 aliphatic rings. The number of hydrogen-bond donors (Lipinski definition) is 1. The molecule has 0 fully saturated rings. The van der Waals surface area contributed by atoms with Gasteiger partial charge in [0.05, 0.1) is 18.4 Å². The number of aliphatic hydroxyl groups excluding tert-OH is 1. The molecule has 0 aliphatic heterocycles. The van der Waals surface area contributed by atoms with Crippen LogP contribution in [0.2, 0.25) is 0 Å². The van der Waals surface area contributed by atoms with Crippen molar-refractivity contribution in [1.29, 1.82) is 0 Å². The lowest BCUT2D eigenvalue weighted by molar-refractivity contribution is 0.275. The monoisotopic (exact) mass is 282 g/mol. The van der Waals surface area contributed by atoms with Gasteiger partial charge in [-0.15, -0.1) is 0 Å². The quantitative estimate of drug-likeness (QED) is 0.941. The lowest BCUT2D eigenvalue weighted by Crippen LogP contribution is -1.97. The van der Waals surface area contributed by atoms with Crippen LogP contribution >= 0.6 is 15.9 Å². The van der Waals surface area contributed by atoms with E-state index in [1.54, 1.807) is 17.9 Å². The number of ether oxygens (including phenoxy) is 1. The maximum Gasteiger partial charge on any atom is 0.223 e. The molecule has 0 bridgehead atoms. The standard InChI is InChI=1S/C11H11BrN2O2/c1-14-11(8(7-15)6-13-14)16-10-4-2-9(12)3-5-10/h2-6,15H,7H2,1H3. The minimum absolute atomic E-state index is 0.0836. The summed E-state index contributed by atoms with van der Waals surface area (Å²) in [7, 11) is 1.77. The van der Waals surface area contributed by atoms with Crippen molar-refractivity contribution in [3.05, 3.63) is 40.5 Å². The summed E-state index contributed by atoms with van der Waals surface area (Å²) in [6, 6.07) is 7.48. The van der Waals surface area contributed by atoms with Gasteiger partial charge in [-0.2, -0.15) is 5.10 Å². The van der Waals surface area contributed by atoms with E-state index in [1.807, 2.05) is 24.3 Å². The maximum absolute atomic E-state index is 9.11. The van der Waals surface area contributed by atoms with E-state index in [9.17, 15) is 0 Å². The first-order valence-corrected chi connectivity index (χ1v) is 5.55. The Morgan fingerprint density at radius 2 is 2.06 bits per heavy atom. The first kappa shape index (κ1) is 11.2. The van der Waals surface area contributed by atoms with E-state index in [-0.39, 0.29) is 6.61 Å². The molecule has 2 aromatic rings. The highest BCUT2D eigenvalue weighted by Gasteiger charge is 2.09. The van der Waals surface area contributed by atoms with Gasteiger partial charge in [-0.25, -0.2) is 4.68 Å². The number of benzene rings is 1. The molecule has 0 aliphatic carbocycles. The Labute approximate surface area is 102 Å². The van der Waals surface area contributed by atoms with Gasteiger partial charge in [0, 0.05) is 11.5 Å². The van der Waals surface area contributed by atoms with Crippen LogP contribution in [0.4, 0.5) is 0 Å². The molecular formula is C11H11BrN2O2. The van der Waals surface area contributed by atoms with Gasteiger partial charge in [0.1, 0.15) is 5.75 Å². The molecule has 4 nitrogen and oxygen atoms in total. The van der Waals surface area contributed by atoms with Gasteiger partial charge in [0.15, 0.2) is 0 Å². The van der Waals surface area contributed by atoms with Crippen molar-refractivity contribution < 1.29 is 9.84 Å². The normalized spacial score (nSPS) is 10.4. The second-order valence-electron chi connectivity index (χ2n) is 3.31. The fourth-order valence-corrected chi connectivity index (χ4v) is 1.59. The average Bonchev–Trinajstić information content (AvgIpc) is 2.63. The van der Waals surface area contributed by atoms with E-state index < -0.39 is 0 Å². The van der Waals surface area contributed by atoms with E-state index >= 15 is 0 Å². The number of hydrogen-bond acceptors (Lipinski definition) is 3. The lowest BCUT2D eigenvalue weighted by Gasteiger charge is -2.07. The molecule has 1 aromatic heterocycles. The van der Waals surface area contributed by atoms with E-state index in [0.717, 1.165) is 4.47 Å². The number of aliphatic hydroxyl groups is 1. The van der Waals surface area contributed by atoms with Gasteiger partial charge in [0.2, 0.25) is 5.88 Å². The summed E-state index contributed by atoms with van der Waals surface area (Å²) >= 11 is 3.35. The number of aromatic nitrogens is 2. The van der Waals surface area contributed by atoms with Crippen LogP contribution in [0.5, 0.6) is 11.6 Å². The van der Waals surface area contributed by atoms with Crippen LogP contribution in [0.3, 0.4) is 0 Å². The molecule has 1 heterocycles. The molecule has 0 spiro atoms. The minimum atomic E-state index is -0.0836. The van der Waals surface area contributed by atoms with Crippen LogP contribution in [-0.2, 0) is 13.7 Å². The summed E-state index contributed by atoms with van der Waals surface area (Å²) < 4.78 is 8.23. The second kappa shape index (κ2) is 4.67. The fourth-order valence-electron chi connectivity index (χ4n) is 1.33. The molecular weight excluding hydrogens is 272 g/mol. The van der Waals surface area contributed by atoms with Gasteiger partial charge in [0.25, 0.3) is 0 Å². The van der Waals surface area contributed by atoms with Crippen molar-refractivity contribution in [3.8, 4) is 11.6 Å². The molecule has 0 saturated carbocycles. The second-order valence-corrected chi connectivity index (χ2v) is 4.23. The first-order chi connectivity index (χ1) is 7.70. The van der Waals surface area contributed by atoms with Crippen LogP contribution in [0, 0.1) is 0 Å². The zero-order valence-electron chi connectivity index (χ0n) is 8.72. The molecule has 1 N–H and O–H groups in total. The van der Waals surface area contributed by atoms with Crippen LogP contribution in [0.15, 0.2) is 34.9 Å². The van der Waals surface area contributed by atoms with E-state index in [0.29, 0.717) is 17.2 Å². The summed E-state index contributed by atoms with van der Waals surface area (Å²) in [4.78, 5) is 0. The predicted octanol–water partition coefficient (Wildman–Crippen LogP) is 2.47. The largest absolute Gasteiger partial charge is 0.439 e. The third kappa shape index (κ3) is 2.25. The molecule has 84 valence electrons. The van der Waals surface area contributed by atoms with Gasteiger partial charge in [-0.1, -0.05) is 15.9 Å². The zero-order chi connectivity index (χ0) is 11.5. The Hall–Kier alpha value is -1.33. The molecule has 0 saturated heterocycles. The highest BCUT2D eigenvalue weighted by atomic mass is 79.9. The van der Waals surface area contributed by atoms with Crippen molar-refractivity contribution >= 4 is 15.9 Å². The fraction of sp³-hybridized carbons (Fsp3) is 0.182. The van der Waals surface area contributed by atoms with E-state index in [2.05, 4.69) is 21.0 Å². The maximum atomic E-state index is 9.11. The highest BCUT2D eigenvalue weighted by Crippen LogP contribution is 2.25. The molecule has 0 amide bonds. The van der Waals surface area contributed by atoms with Crippen LogP contribution < -0.4 is 4.74 Å². The Balaban J connectivity index is 2.26. The summed E-state index contributed by atoms with van der Waals surface area (Å²) in [6.07, 6.45) is 1.59. The van der Waals surface area contributed by atoms with Crippen molar-refractivity contribution in [1.82, 2.24) is 9.78 Å². The number of halogens is 1. The number of rotatable bonds is 3.